The highest BCUT2D eigenvalue weighted by Crippen LogP contribution is 2.37. The molecule has 8 nitrogen and oxygen atoms in total. The Hall–Kier alpha value is -4.37. The molecule has 2 heterocycles. The summed E-state index contributed by atoms with van der Waals surface area (Å²) >= 11 is 3.56. The standard InChI is InChI=1S/C28H21BrN2O6/c1-2-6-19-11-18(13-22(29)25(19)35-15-17-7-4-3-5-8-17)12-21-26(32)30-28(34)31(27(21)33)20-9-10-23-24(14-20)37-16-36-23/h2-5,7-14H,1,6,15-16H2,(H,30,32,34)/b21-12+. The third-order valence-corrected chi connectivity index (χ3v) is 6.35. The van der Waals surface area contributed by atoms with Crippen LogP contribution < -0.4 is 24.4 Å². The number of hydrogen-bond donors (Lipinski definition) is 1. The molecule has 4 amide bonds. The van der Waals surface area contributed by atoms with Gasteiger partial charge in [0, 0.05) is 6.07 Å². The van der Waals surface area contributed by atoms with Gasteiger partial charge in [0.25, 0.3) is 11.8 Å². The average molecular weight is 561 g/mol. The highest BCUT2D eigenvalue weighted by molar-refractivity contribution is 9.10. The van der Waals surface area contributed by atoms with Gasteiger partial charge in [0.05, 0.1) is 10.2 Å². The zero-order chi connectivity index (χ0) is 25.9. The molecule has 37 heavy (non-hydrogen) atoms. The van der Waals surface area contributed by atoms with Crippen LogP contribution >= 0.6 is 15.9 Å². The molecule has 2 aliphatic rings. The van der Waals surface area contributed by atoms with E-state index in [0.717, 1.165) is 16.0 Å². The van der Waals surface area contributed by atoms with E-state index in [0.29, 0.717) is 40.3 Å². The van der Waals surface area contributed by atoms with Gasteiger partial charge in [0.15, 0.2) is 11.5 Å². The topological polar surface area (TPSA) is 94.2 Å². The average Bonchev–Trinajstić information content (AvgIpc) is 3.35. The van der Waals surface area contributed by atoms with Crippen molar-refractivity contribution in [3.8, 4) is 17.2 Å². The van der Waals surface area contributed by atoms with Crippen molar-refractivity contribution >= 4 is 45.5 Å². The van der Waals surface area contributed by atoms with E-state index in [2.05, 4.69) is 27.8 Å². The number of nitrogens with zero attached hydrogens (tertiary/aromatic N) is 1. The number of hydrogen-bond acceptors (Lipinski definition) is 6. The number of amides is 4. The smallest absolute Gasteiger partial charge is 0.335 e. The number of allylic oxidation sites excluding steroid dienone is 1. The Balaban J connectivity index is 1.46. The first-order valence-electron chi connectivity index (χ1n) is 11.4. The first-order valence-corrected chi connectivity index (χ1v) is 12.1. The highest BCUT2D eigenvalue weighted by Gasteiger charge is 2.37. The Morgan fingerprint density at radius 2 is 1.81 bits per heavy atom. The summed E-state index contributed by atoms with van der Waals surface area (Å²) in [6.45, 7) is 4.25. The van der Waals surface area contributed by atoms with Crippen molar-refractivity contribution in [1.82, 2.24) is 5.32 Å². The Morgan fingerprint density at radius 1 is 1.03 bits per heavy atom. The summed E-state index contributed by atoms with van der Waals surface area (Å²) < 4.78 is 17.4. The minimum Gasteiger partial charge on any atom is -0.487 e. The van der Waals surface area contributed by atoms with Crippen LogP contribution in [-0.2, 0) is 22.6 Å². The van der Waals surface area contributed by atoms with Crippen LogP contribution in [0.5, 0.6) is 17.2 Å². The molecule has 0 unspecified atom stereocenters. The van der Waals surface area contributed by atoms with Crippen molar-refractivity contribution in [1.29, 1.82) is 0 Å². The molecule has 3 aromatic carbocycles. The molecule has 186 valence electrons. The van der Waals surface area contributed by atoms with E-state index in [1.165, 1.54) is 12.1 Å². The lowest BCUT2D eigenvalue weighted by Crippen LogP contribution is -2.54. The third-order valence-electron chi connectivity index (χ3n) is 5.76. The molecule has 5 rings (SSSR count). The first-order chi connectivity index (χ1) is 17.9. The number of urea groups is 1. The van der Waals surface area contributed by atoms with Crippen LogP contribution in [0.4, 0.5) is 10.5 Å². The lowest BCUT2D eigenvalue weighted by Gasteiger charge is -2.26. The largest absolute Gasteiger partial charge is 0.487 e. The summed E-state index contributed by atoms with van der Waals surface area (Å²) in [6, 6.07) is 17.2. The van der Waals surface area contributed by atoms with Crippen molar-refractivity contribution < 1.29 is 28.6 Å². The number of halogens is 1. The number of nitrogens with one attached hydrogen (secondary N) is 1. The number of barbiturate groups is 1. The molecule has 0 aliphatic carbocycles. The van der Waals surface area contributed by atoms with Crippen molar-refractivity contribution in [3.63, 3.8) is 0 Å². The highest BCUT2D eigenvalue weighted by atomic mass is 79.9. The normalized spacial score (nSPS) is 15.6. The number of imide groups is 2. The minimum absolute atomic E-state index is 0.0511. The number of carbonyl (C=O) groups is 3. The van der Waals surface area contributed by atoms with E-state index < -0.39 is 17.8 Å². The van der Waals surface area contributed by atoms with E-state index in [4.69, 9.17) is 14.2 Å². The molecule has 0 saturated carbocycles. The molecular formula is C28H21BrN2O6. The molecule has 0 spiro atoms. The third kappa shape index (κ3) is 4.99. The van der Waals surface area contributed by atoms with Gasteiger partial charge in [-0.3, -0.25) is 14.9 Å². The Morgan fingerprint density at radius 3 is 2.59 bits per heavy atom. The number of ether oxygens (including phenoxy) is 3. The van der Waals surface area contributed by atoms with Gasteiger partial charge in [-0.05, 0) is 69.4 Å². The molecule has 9 heteroatoms. The number of rotatable bonds is 7. The fourth-order valence-electron chi connectivity index (χ4n) is 4.04. The van der Waals surface area contributed by atoms with E-state index in [9.17, 15) is 14.4 Å². The predicted molar refractivity (Wildman–Crippen MR) is 140 cm³/mol. The van der Waals surface area contributed by atoms with Gasteiger partial charge in [0.2, 0.25) is 6.79 Å². The van der Waals surface area contributed by atoms with E-state index in [1.807, 2.05) is 36.4 Å². The molecule has 0 atom stereocenters. The monoisotopic (exact) mass is 560 g/mol. The van der Waals surface area contributed by atoms with Crippen LogP contribution in [0.1, 0.15) is 16.7 Å². The van der Waals surface area contributed by atoms with Crippen LogP contribution in [-0.4, -0.2) is 24.6 Å². The van der Waals surface area contributed by atoms with E-state index in [1.54, 1.807) is 24.3 Å². The number of benzene rings is 3. The van der Waals surface area contributed by atoms with E-state index in [-0.39, 0.29) is 18.1 Å². The van der Waals surface area contributed by atoms with Gasteiger partial charge in [0.1, 0.15) is 17.9 Å². The molecule has 1 fully saturated rings. The summed E-state index contributed by atoms with van der Waals surface area (Å²) in [5.41, 5.74) is 2.48. The molecule has 0 bridgehead atoms. The van der Waals surface area contributed by atoms with Crippen molar-refractivity contribution in [2.45, 2.75) is 13.0 Å². The summed E-state index contributed by atoms with van der Waals surface area (Å²) in [6.07, 6.45) is 3.69. The minimum atomic E-state index is -0.843. The van der Waals surface area contributed by atoms with Crippen molar-refractivity contribution in [2.24, 2.45) is 0 Å². The van der Waals surface area contributed by atoms with Gasteiger partial charge in [-0.15, -0.1) is 6.58 Å². The number of carbonyl (C=O) groups excluding carboxylic acids is 3. The van der Waals surface area contributed by atoms with Gasteiger partial charge >= 0.3 is 6.03 Å². The first kappa shape index (κ1) is 24.3. The number of fused-ring (bicyclic) bond motifs is 1. The molecule has 1 saturated heterocycles. The molecular weight excluding hydrogens is 540 g/mol. The van der Waals surface area contributed by atoms with Gasteiger partial charge in [-0.25, -0.2) is 9.69 Å². The quantitative estimate of drug-likeness (QED) is 0.244. The van der Waals surface area contributed by atoms with Crippen molar-refractivity contribution in [2.75, 3.05) is 11.7 Å². The SMILES string of the molecule is C=CCc1cc(/C=C2\C(=O)NC(=O)N(c3ccc4c(c3)OCO4)C2=O)cc(Br)c1OCc1ccccc1. The van der Waals surface area contributed by atoms with Gasteiger partial charge < -0.3 is 14.2 Å². The van der Waals surface area contributed by atoms with Crippen LogP contribution in [0.15, 0.2) is 83.4 Å². The second kappa shape index (κ2) is 10.3. The lowest BCUT2D eigenvalue weighted by atomic mass is 10.0. The van der Waals surface area contributed by atoms with Crippen LogP contribution in [0.3, 0.4) is 0 Å². The predicted octanol–water partition coefficient (Wildman–Crippen LogP) is 5.15. The molecule has 0 radical (unpaired) electrons. The molecule has 2 aliphatic heterocycles. The van der Waals surface area contributed by atoms with Gasteiger partial charge in [-0.1, -0.05) is 36.4 Å². The fraction of sp³-hybridized carbons (Fsp3) is 0.107. The Labute approximate surface area is 221 Å². The van der Waals surface area contributed by atoms with Crippen molar-refractivity contribution in [3.05, 3.63) is 100 Å². The molecule has 1 N–H and O–H groups in total. The Kier molecular flexibility index (Phi) is 6.78. The second-order valence-electron chi connectivity index (χ2n) is 8.25. The van der Waals surface area contributed by atoms with Gasteiger partial charge in [-0.2, -0.15) is 0 Å². The summed E-state index contributed by atoms with van der Waals surface area (Å²) in [7, 11) is 0. The van der Waals surface area contributed by atoms with E-state index >= 15 is 0 Å². The second-order valence-corrected chi connectivity index (χ2v) is 9.11. The zero-order valence-electron chi connectivity index (χ0n) is 19.5. The van der Waals surface area contributed by atoms with Crippen LogP contribution in [0, 0.1) is 0 Å². The molecule has 0 aromatic heterocycles. The number of anilines is 1. The maximum absolute atomic E-state index is 13.3. The maximum atomic E-state index is 13.3. The molecule has 3 aromatic rings. The summed E-state index contributed by atoms with van der Waals surface area (Å²) in [4.78, 5) is 39.5. The fourth-order valence-corrected chi connectivity index (χ4v) is 4.67. The summed E-state index contributed by atoms with van der Waals surface area (Å²) in [5.74, 6) is 0.0259. The zero-order valence-corrected chi connectivity index (χ0v) is 21.1. The maximum Gasteiger partial charge on any atom is 0.335 e. The lowest BCUT2D eigenvalue weighted by molar-refractivity contribution is -0.122. The van der Waals surface area contributed by atoms with Crippen LogP contribution in [0.2, 0.25) is 0 Å². The summed E-state index contributed by atoms with van der Waals surface area (Å²) in [5, 5.41) is 2.23. The van der Waals surface area contributed by atoms with Crippen LogP contribution in [0.25, 0.3) is 6.08 Å². The Bertz CT molecular complexity index is 1450.